The molecule has 0 saturated carbocycles. The first-order chi connectivity index (χ1) is 11.7. The lowest BCUT2D eigenvalue weighted by molar-refractivity contribution is 0.309. The van der Waals surface area contributed by atoms with Gasteiger partial charge in [-0.05, 0) is 30.7 Å². The Balaban J connectivity index is 1.88. The summed E-state index contributed by atoms with van der Waals surface area (Å²) in [5.41, 5.74) is 3.11. The first-order valence-corrected chi connectivity index (χ1v) is 8.25. The molecule has 0 radical (unpaired) electrons. The maximum atomic E-state index is 10.6. The van der Waals surface area contributed by atoms with Crippen molar-refractivity contribution in [1.29, 1.82) is 0 Å². The van der Waals surface area contributed by atoms with Gasteiger partial charge in [0, 0.05) is 18.2 Å². The highest BCUT2D eigenvalue weighted by Crippen LogP contribution is 2.37. The smallest absolute Gasteiger partial charge is 0.169 e. The van der Waals surface area contributed by atoms with Crippen LogP contribution in [0.4, 0.5) is 0 Å². The number of aromatic hydroxyl groups is 1. The average molecular weight is 322 g/mol. The summed E-state index contributed by atoms with van der Waals surface area (Å²) in [7, 11) is 1.84. The third-order valence-electron chi connectivity index (χ3n) is 3.96. The SMILES string of the molecule is CCCCOc1ccc(-c2nn(C)c(-c3ccccc3)c2O)cc1. The molecule has 24 heavy (non-hydrogen) atoms. The summed E-state index contributed by atoms with van der Waals surface area (Å²) in [6.45, 7) is 2.86. The van der Waals surface area contributed by atoms with Crippen LogP contribution >= 0.6 is 0 Å². The monoisotopic (exact) mass is 322 g/mol. The highest BCUT2D eigenvalue weighted by Gasteiger charge is 2.18. The molecule has 124 valence electrons. The molecule has 3 rings (SSSR count). The number of aryl methyl sites for hydroxylation is 1. The number of nitrogens with zero attached hydrogens (tertiary/aromatic N) is 2. The third-order valence-corrected chi connectivity index (χ3v) is 3.96. The number of aromatic nitrogens is 2. The van der Waals surface area contributed by atoms with Crippen LogP contribution in [0.15, 0.2) is 54.6 Å². The van der Waals surface area contributed by atoms with E-state index in [1.165, 1.54) is 0 Å². The van der Waals surface area contributed by atoms with Gasteiger partial charge in [-0.2, -0.15) is 5.10 Å². The van der Waals surface area contributed by atoms with Crippen molar-refractivity contribution in [2.75, 3.05) is 6.61 Å². The van der Waals surface area contributed by atoms with Gasteiger partial charge in [0.15, 0.2) is 5.75 Å². The molecular weight excluding hydrogens is 300 g/mol. The summed E-state index contributed by atoms with van der Waals surface area (Å²) in [5.74, 6) is 1.04. The van der Waals surface area contributed by atoms with Gasteiger partial charge in [0.05, 0.1) is 6.61 Å². The molecule has 0 amide bonds. The van der Waals surface area contributed by atoms with Crippen LogP contribution in [0.3, 0.4) is 0 Å². The van der Waals surface area contributed by atoms with Gasteiger partial charge in [0.25, 0.3) is 0 Å². The average Bonchev–Trinajstić information content (AvgIpc) is 2.91. The van der Waals surface area contributed by atoms with Crippen molar-refractivity contribution in [3.8, 4) is 34.0 Å². The minimum Gasteiger partial charge on any atom is -0.504 e. The van der Waals surface area contributed by atoms with E-state index in [1.54, 1.807) is 4.68 Å². The van der Waals surface area contributed by atoms with Crippen molar-refractivity contribution in [2.24, 2.45) is 7.05 Å². The van der Waals surface area contributed by atoms with E-state index < -0.39 is 0 Å². The van der Waals surface area contributed by atoms with Crippen LogP contribution in [0.1, 0.15) is 19.8 Å². The summed E-state index contributed by atoms with van der Waals surface area (Å²) in [5, 5.41) is 15.1. The molecule has 2 aromatic carbocycles. The fourth-order valence-corrected chi connectivity index (χ4v) is 2.67. The first-order valence-electron chi connectivity index (χ1n) is 8.25. The van der Waals surface area contributed by atoms with Crippen LogP contribution in [-0.2, 0) is 7.05 Å². The molecule has 0 aliphatic carbocycles. The molecule has 0 aliphatic heterocycles. The van der Waals surface area contributed by atoms with E-state index in [0.717, 1.165) is 36.3 Å². The maximum absolute atomic E-state index is 10.6. The van der Waals surface area contributed by atoms with Gasteiger partial charge in [0.2, 0.25) is 0 Å². The molecule has 0 bridgehead atoms. The molecular formula is C20H22N2O2. The molecule has 0 unspecified atom stereocenters. The van der Waals surface area contributed by atoms with Gasteiger partial charge in [-0.25, -0.2) is 0 Å². The molecule has 0 aliphatic rings. The summed E-state index contributed by atoms with van der Waals surface area (Å²) in [6, 6.07) is 17.5. The summed E-state index contributed by atoms with van der Waals surface area (Å²) in [6.07, 6.45) is 2.16. The number of ether oxygens (including phenoxy) is 1. The fourth-order valence-electron chi connectivity index (χ4n) is 2.67. The van der Waals surface area contributed by atoms with Crippen molar-refractivity contribution in [1.82, 2.24) is 9.78 Å². The minimum atomic E-state index is 0.198. The standard InChI is InChI=1S/C20H22N2O2/c1-3-4-14-24-17-12-10-15(11-13-17)18-20(23)19(22(2)21-18)16-8-6-5-7-9-16/h5-13,23H,3-4,14H2,1-2H3. The lowest BCUT2D eigenvalue weighted by atomic mass is 10.1. The lowest BCUT2D eigenvalue weighted by Crippen LogP contribution is -1.96. The Bertz CT molecular complexity index is 793. The molecule has 1 heterocycles. The van der Waals surface area contributed by atoms with Crippen LogP contribution in [0.25, 0.3) is 22.5 Å². The van der Waals surface area contributed by atoms with Crippen LogP contribution in [0.2, 0.25) is 0 Å². The van der Waals surface area contributed by atoms with E-state index in [0.29, 0.717) is 11.4 Å². The Morgan fingerprint density at radius 2 is 1.71 bits per heavy atom. The second-order valence-electron chi connectivity index (χ2n) is 5.76. The summed E-state index contributed by atoms with van der Waals surface area (Å²) < 4.78 is 7.39. The molecule has 0 fully saturated rings. The van der Waals surface area contributed by atoms with E-state index >= 15 is 0 Å². The Kier molecular flexibility index (Phi) is 4.85. The van der Waals surface area contributed by atoms with E-state index in [4.69, 9.17) is 4.74 Å². The van der Waals surface area contributed by atoms with Crippen molar-refractivity contribution >= 4 is 0 Å². The molecule has 4 heteroatoms. The number of hydrogen-bond acceptors (Lipinski definition) is 3. The number of unbranched alkanes of at least 4 members (excludes halogenated alkanes) is 1. The van der Waals surface area contributed by atoms with E-state index in [1.807, 2.05) is 61.6 Å². The summed E-state index contributed by atoms with van der Waals surface area (Å²) >= 11 is 0. The topological polar surface area (TPSA) is 47.3 Å². The normalized spacial score (nSPS) is 10.8. The molecule has 0 atom stereocenters. The number of hydrogen-bond donors (Lipinski definition) is 1. The molecule has 0 saturated heterocycles. The van der Waals surface area contributed by atoms with Crippen LogP contribution in [0.5, 0.6) is 11.5 Å². The molecule has 1 aromatic heterocycles. The highest BCUT2D eigenvalue weighted by molar-refractivity contribution is 5.78. The molecule has 0 spiro atoms. The predicted octanol–water partition coefficient (Wildman–Crippen LogP) is 4.64. The third kappa shape index (κ3) is 3.27. The van der Waals surface area contributed by atoms with Gasteiger partial charge in [-0.15, -0.1) is 0 Å². The van der Waals surface area contributed by atoms with E-state index in [-0.39, 0.29) is 5.75 Å². The summed E-state index contributed by atoms with van der Waals surface area (Å²) in [4.78, 5) is 0. The second kappa shape index (κ2) is 7.21. The second-order valence-corrected chi connectivity index (χ2v) is 5.76. The Hall–Kier alpha value is -2.75. The Morgan fingerprint density at radius 1 is 1.00 bits per heavy atom. The molecule has 4 nitrogen and oxygen atoms in total. The number of benzene rings is 2. The number of rotatable bonds is 6. The highest BCUT2D eigenvalue weighted by atomic mass is 16.5. The van der Waals surface area contributed by atoms with Gasteiger partial charge in [-0.1, -0.05) is 43.7 Å². The Labute approximate surface area is 142 Å². The van der Waals surface area contributed by atoms with Gasteiger partial charge >= 0.3 is 0 Å². The quantitative estimate of drug-likeness (QED) is 0.673. The van der Waals surface area contributed by atoms with E-state index in [9.17, 15) is 5.11 Å². The minimum absolute atomic E-state index is 0.198. The van der Waals surface area contributed by atoms with Crippen LogP contribution in [0, 0.1) is 0 Å². The largest absolute Gasteiger partial charge is 0.504 e. The Morgan fingerprint density at radius 3 is 2.38 bits per heavy atom. The van der Waals surface area contributed by atoms with Crippen LogP contribution in [-0.4, -0.2) is 21.5 Å². The van der Waals surface area contributed by atoms with Crippen LogP contribution < -0.4 is 4.74 Å². The van der Waals surface area contributed by atoms with E-state index in [2.05, 4.69) is 12.0 Å². The zero-order valence-electron chi connectivity index (χ0n) is 14.1. The zero-order valence-corrected chi connectivity index (χ0v) is 14.1. The molecule has 1 N–H and O–H groups in total. The zero-order chi connectivity index (χ0) is 16.9. The van der Waals surface area contributed by atoms with Gasteiger partial charge in [0.1, 0.15) is 17.1 Å². The van der Waals surface area contributed by atoms with Crippen molar-refractivity contribution < 1.29 is 9.84 Å². The van der Waals surface area contributed by atoms with Gasteiger partial charge in [-0.3, -0.25) is 4.68 Å². The molecule has 3 aromatic rings. The maximum Gasteiger partial charge on any atom is 0.169 e. The van der Waals surface area contributed by atoms with Crippen molar-refractivity contribution in [3.63, 3.8) is 0 Å². The predicted molar refractivity (Wildman–Crippen MR) is 96.1 cm³/mol. The van der Waals surface area contributed by atoms with Gasteiger partial charge < -0.3 is 9.84 Å². The fraction of sp³-hybridized carbons (Fsp3) is 0.250. The van der Waals surface area contributed by atoms with Crippen molar-refractivity contribution in [2.45, 2.75) is 19.8 Å². The first kappa shape index (κ1) is 16.1. The lowest BCUT2D eigenvalue weighted by Gasteiger charge is -2.06. The van der Waals surface area contributed by atoms with Crippen molar-refractivity contribution in [3.05, 3.63) is 54.6 Å².